The molecule has 0 radical (unpaired) electrons. The highest BCUT2D eigenvalue weighted by atomic mass is 19.1. The SMILES string of the molecule is CO[C@](C)(CNC(=O)c1cc(C)oc1C)c1ccccc1F. The van der Waals surface area contributed by atoms with Crippen molar-refractivity contribution in [2.45, 2.75) is 26.4 Å². The van der Waals surface area contributed by atoms with Crippen molar-refractivity contribution in [2.75, 3.05) is 13.7 Å². The molecule has 0 aliphatic rings. The summed E-state index contributed by atoms with van der Waals surface area (Å²) in [6.45, 7) is 5.39. The van der Waals surface area contributed by atoms with Crippen LogP contribution in [0.1, 0.15) is 34.4 Å². The van der Waals surface area contributed by atoms with E-state index in [9.17, 15) is 9.18 Å². The summed E-state index contributed by atoms with van der Waals surface area (Å²) in [6.07, 6.45) is 0. The molecule has 0 spiro atoms. The lowest BCUT2D eigenvalue weighted by Gasteiger charge is -2.29. The van der Waals surface area contributed by atoms with Crippen LogP contribution in [-0.2, 0) is 10.3 Å². The molecule has 0 saturated carbocycles. The molecule has 2 aromatic rings. The molecule has 0 aliphatic carbocycles. The van der Waals surface area contributed by atoms with Crippen LogP contribution in [0, 0.1) is 19.7 Å². The minimum atomic E-state index is -0.951. The third-order valence-corrected chi connectivity index (χ3v) is 3.77. The molecule has 0 bridgehead atoms. The Bertz CT molecular complexity index is 680. The summed E-state index contributed by atoms with van der Waals surface area (Å²) >= 11 is 0. The number of methoxy groups -OCH3 is 1. The van der Waals surface area contributed by atoms with Crippen LogP contribution in [0.15, 0.2) is 34.7 Å². The van der Waals surface area contributed by atoms with Gasteiger partial charge in [0, 0.05) is 12.7 Å². The molecular formula is C17H20FNO3. The Kier molecular flexibility index (Phi) is 4.66. The summed E-state index contributed by atoms with van der Waals surface area (Å²) in [4.78, 5) is 12.2. The predicted molar refractivity (Wildman–Crippen MR) is 81.3 cm³/mol. The Morgan fingerprint density at radius 3 is 2.59 bits per heavy atom. The van der Waals surface area contributed by atoms with Crippen LogP contribution in [0.25, 0.3) is 0 Å². The van der Waals surface area contributed by atoms with E-state index in [2.05, 4.69) is 5.32 Å². The van der Waals surface area contributed by atoms with Gasteiger partial charge in [-0.1, -0.05) is 18.2 Å². The lowest BCUT2D eigenvalue weighted by molar-refractivity contribution is 0.000374. The molecular weight excluding hydrogens is 285 g/mol. The van der Waals surface area contributed by atoms with Crippen LogP contribution in [0.4, 0.5) is 4.39 Å². The van der Waals surface area contributed by atoms with Crippen LogP contribution in [0.3, 0.4) is 0 Å². The average Bonchev–Trinajstić information content (AvgIpc) is 2.83. The summed E-state index contributed by atoms with van der Waals surface area (Å²) in [5.74, 6) is 0.594. The molecule has 4 nitrogen and oxygen atoms in total. The zero-order valence-corrected chi connectivity index (χ0v) is 13.2. The number of carbonyl (C=O) groups excluding carboxylic acids is 1. The van der Waals surface area contributed by atoms with Gasteiger partial charge >= 0.3 is 0 Å². The predicted octanol–water partition coefficient (Wildman–Crippen LogP) is 3.33. The van der Waals surface area contributed by atoms with Gasteiger partial charge in [-0.05, 0) is 32.9 Å². The number of ether oxygens (including phenoxy) is 1. The second kappa shape index (κ2) is 6.32. The normalized spacial score (nSPS) is 13.7. The molecule has 1 heterocycles. The van der Waals surface area contributed by atoms with E-state index in [1.54, 1.807) is 45.0 Å². The van der Waals surface area contributed by atoms with Crippen LogP contribution >= 0.6 is 0 Å². The molecule has 22 heavy (non-hydrogen) atoms. The van der Waals surface area contributed by atoms with E-state index < -0.39 is 5.60 Å². The highest BCUT2D eigenvalue weighted by Crippen LogP contribution is 2.26. The zero-order valence-electron chi connectivity index (χ0n) is 13.2. The average molecular weight is 305 g/mol. The minimum Gasteiger partial charge on any atom is -0.466 e. The van der Waals surface area contributed by atoms with Gasteiger partial charge in [-0.3, -0.25) is 4.79 Å². The second-order valence-corrected chi connectivity index (χ2v) is 5.42. The van der Waals surface area contributed by atoms with Crippen molar-refractivity contribution < 1.29 is 18.3 Å². The van der Waals surface area contributed by atoms with Crippen molar-refractivity contribution in [1.29, 1.82) is 0 Å². The summed E-state index contributed by atoms with van der Waals surface area (Å²) in [6, 6.07) is 8.06. The molecule has 118 valence electrons. The monoisotopic (exact) mass is 305 g/mol. The lowest BCUT2D eigenvalue weighted by Crippen LogP contribution is -2.40. The number of nitrogens with one attached hydrogen (secondary N) is 1. The molecule has 0 fully saturated rings. The molecule has 1 aromatic carbocycles. The molecule has 1 aromatic heterocycles. The molecule has 1 atom stereocenters. The largest absolute Gasteiger partial charge is 0.466 e. The van der Waals surface area contributed by atoms with Crippen LogP contribution in [-0.4, -0.2) is 19.6 Å². The van der Waals surface area contributed by atoms with Crippen LogP contribution in [0.5, 0.6) is 0 Å². The van der Waals surface area contributed by atoms with Gasteiger partial charge in [0.15, 0.2) is 0 Å². The first kappa shape index (κ1) is 16.2. The first-order valence-electron chi connectivity index (χ1n) is 7.03. The van der Waals surface area contributed by atoms with Crippen molar-refractivity contribution in [2.24, 2.45) is 0 Å². The number of halogens is 1. The number of hydrogen-bond donors (Lipinski definition) is 1. The molecule has 0 saturated heterocycles. The first-order valence-corrected chi connectivity index (χ1v) is 7.03. The standard InChI is InChI=1S/C17H20FNO3/c1-11-9-13(12(2)22-11)16(20)19-10-17(3,21-4)14-7-5-6-8-15(14)18/h5-9H,10H2,1-4H3,(H,19,20)/t17-/m1/s1. The van der Waals surface area contributed by atoms with E-state index in [0.29, 0.717) is 22.6 Å². The minimum absolute atomic E-state index is 0.146. The van der Waals surface area contributed by atoms with Crippen molar-refractivity contribution in [3.63, 3.8) is 0 Å². The van der Waals surface area contributed by atoms with Crippen molar-refractivity contribution in [3.05, 3.63) is 58.8 Å². The molecule has 2 rings (SSSR count). The van der Waals surface area contributed by atoms with Gasteiger partial charge in [0.2, 0.25) is 0 Å². The fourth-order valence-electron chi connectivity index (χ4n) is 2.37. The number of carbonyl (C=O) groups is 1. The maximum absolute atomic E-state index is 14.0. The molecule has 0 aliphatic heterocycles. The quantitative estimate of drug-likeness (QED) is 0.922. The number of aryl methyl sites for hydroxylation is 2. The highest BCUT2D eigenvalue weighted by Gasteiger charge is 2.30. The van der Waals surface area contributed by atoms with Gasteiger partial charge < -0.3 is 14.5 Å². The van der Waals surface area contributed by atoms with E-state index in [1.165, 1.54) is 13.2 Å². The van der Waals surface area contributed by atoms with E-state index in [4.69, 9.17) is 9.15 Å². The Morgan fingerprint density at radius 1 is 1.36 bits per heavy atom. The van der Waals surface area contributed by atoms with E-state index >= 15 is 0 Å². The second-order valence-electron chi connectivity index (χ2n) is 5.42. The number of benzene rings is 1. The Morgan fingerprint density at radius 2 is 2.05 bits per heavy atom. The van der Waals surface area contributed by atoms with E-state index in [0.717, 1.165) is 0 Å². The van der Waals surface area contributed by atoms with Gasteiger partial charge in [-0.2, -0.15) is 0 Å². The third-order valence-electron chi connectivity index (χ3n) is 3.77. The third kappa shape index (κ3) is 3.20. The molecule has 1 amide bonds. The van der Waals surface area contributed by atoms with Gasteiger partial charge in [0.05, 0.1) is 12.1 Å². The van der Waals surface area contributed by atoms with Crippen LogP contribution < -0.4 is 5.32 Å². The fourth-order valence-corrected chi connectivity index (χ4v) is 2.37. The smallest absolute Gasteiger partial charge is 0.254 e. The highest BCUT2D eigenvalue weighted by molar-refractivity contribution is 5.95. The summed E-state index contributed by atoms with van der Waals surface area (Å²) in [5.41, 5.74) is -0.0735. The summed E-state index contributed by atoms with van der Waals surface area (Å²) < 4.78 is 24.8. The first-order chi connectivity index (χ1) is 10.4. The van der Waals surface area contributed by atoms with Crippen molar-refractivity contribution in [3.8, 4) is 0 Å². The number of hydrogen-bond acceptors (Lipinski definition) is 3. The van der Waals surface area contributed by atoms with Gasteiger partial charge in [-0.15, -0.1) is 0 Å². The maximum Gasteiger partial charge on any atom is 0.254 e. The van der Waals surface area contributed by atoms with E-state index in [-0.39, 0.29) is 18.3 Å². The Hall–Kier alpha value is -2.14. The van der Waals surface area contributed by atoms with Crippen molar-refractivity contribution in [1.82, 2.24) is 5.32 Å². The zero-order chi connectivity index (χ0) is 16.3. The molecule has 5 heteroatoms. The Labute approximate surface area is 129 Å². The summed E-state index contributed by atoms with van der Waals surface area (Å²) in [7, 11) is 1.49. The van der Waals surface area contributed by atoms with Crippen molar-refractivity contribution >= 4 is 5.91 Å². The lowest BCUT2D eigenvalue weighted by atomic mass is 9.95. The number of amides is 1. The van der Waals surface area contributed by atoms with Gasteiger partial charge in [0.25, 0.3) is 5.91 Å². The van der Waals surface area contributed by atoms with Gasteiger partial charge in [-0.25, -0.2) is 4.39 Å². The number of furan rings is 1. The summed E-state index contributed by atoms with van der Waals surface area (Å²) in [5, 5.41) is 2.78. The fraction of sp³-hybridized carbons (Fsp3) is 0.353. The maximum atomic E-state index is 14.0. The van der Waals surface area contributed by atoms with E-state index in [1.807, 2.05) is 0 Å². The van der Waals surface area contributed by atoms with Crippen LogP contribution in [0.2, 0.25) is 0 Å². The number of rotatable bonds is 5. The van der Waals surface area contributed by atoms with Gasteiger partial charge in [0.1, 0.15) is 22.9 Å². The Balaban J connectivity index is 2.16. The molecule has 0 unspecified atom stereocenters. The molecule has 1 N–H and O–H groups in total. The topological polar surface area (TPSA) is 51.5 Å².